The van der Waals surface area contributed by atoms with Crippen LogP contribution < -0.4 is 0 Å². The molecule has 2 rings (SSSR count). The van der Waals surface area contributed by atoms with Gasteiger partial charge in [0, 0.05) is 0 Å². The minimum Gasteiger partial charge on any atom is -0.0692 e. The standard InChI is InChI=1S/C14H24/c1-13(2,3)8-9-7-10-11(9)12(10)14(4,5)6/h10,12H,7-8H2,1-6H3. The van der Waals surface area contributed by atoms with E-state index in [2.05, 4.69) is 41.5 Å². The summed E-state index contributed by atoms with van der Waals surface area (Å²) in [6.45, 7) is 14.2. The molecule has 0 heterocycles. The first-order chi connectivity index (χ1) is 6.20. The van der Waals surface area contributed by atoms with Crippen molar-refractivity contribution in [1.82, 2.24) is 0 Å². The molecule has 2 unspecified atom stereocenters. The molecule has 0 nitrogen and oxygen atoms in total. The lowest BCUT2D eigenvalue weighted by atomic mass is 9.82. The lowest BCUT2D eigenvalue weighted by Crippen LogP contribution is -2.09. The summed E-state index contributed by atoms with van der Waals surface area (Å²) in [5, 5.41) is 0. The van der Waals surface area contributed by atoms with E-state index in [9.17, 15) is 0 Å². The summed E-state index contributed by atoms with van der Waals surface area (Å²) in [7, 11) is 0. The highest BCUT2D eigenvalue weighted by atomic mass is 14.6. The molecule has 0 aliphatic heterocycles. The van der Waals surface area contributed by atoms with Crippen LogP contribution in [0.3, 0.4) is 0 Å². The van der Waals surface area contributed by atoms with Crippen molar-refractivity contribution in [2.24, 2.45) is 22.7 Å². The van der Waals surface area contributed by atoms with Gasteiger partial charge < -0.3 is 0 Å². The second-order valence-electron chi connectivity index (χ2n) is 7.45. The normalized spacial score (nSPS) is 31.3. The predicted octanol–water partition coefficient (Wildman–Crippen LogP) is 4.42. The van der Waals surface area contributed by atoms with Gasteiger partial charge in [-0.2, -0.15) is 0 Å². The Morgan fingerprint density at radius 3 is 2.00 bits per heavy atom. The monoisotopic (exact) mass is 192 g/mol. The highest BCUT2D eigenvalue weighted by molar-refractivity contribution is 5.47. The predicted molar refractivity (Wildman–Crippen MR) is 62.2 cm³/mol. The molecule has 2 aliphatic carbocycles. The van der Waals surface area contributed by atoms with Gasteiger partial charge >= 0.3 is 0 Å². The molecule has 0 saturated heterocycles. The van der Waals surface area contributed by atoms with Gasteiger partial charge in [-0.1, -0.05) is 52.7 Å². The summed E-state index contributed by atoms with van der Waals surface area (Å²) in [5.41, 5.74) is 4.63. The summed E-state index contributed by atoms with van der Waals surface area (Å²) in [6, 6.07) is 0. The SMILES string of the molecule is CC(C)(C)CC1=C2C(C1)C2C(C)(C)C. The van der Waals surface area contributed by atoms with E-state index >= 15 is 0 Å². The van der Waals surface area contributed by atoms with Crippen molar-refractivity contribution < 1.29 is 0 Å². The molecule has 80 valence electrons. The Labute approximate surface area is 88.8 Å². The summed E-state index contributed by atoms with van der Waals surface area (Å²) in [5.74, 6) is 1.92. The van der Waals surface area contributed by atoms with Gasteiger partial charge in [0.1, 0.15) is 0 Å². The average molecular weight is 192 g/mol. The van der Waals surface area contributed by atoms with Crippen molar-refractivity contribution in [1.29, 1.82) is 0 Å². The Morgan fingerprint density at radius 1 is 1.07 bits per heavy atom. The summed E-state index contributed by atoms with van der Waals surface area (Å²) in [6.07, 6.45) is 2.74. The zero-order valence-electron chi connectivity index (χ0n) is 10.6. The first-order valence-electron chi connectivity index (χ1n) is 5.92. The maximum absolute atomic E-state index is 2.39. The molecule has 0 aromatic heterocycles. The first-order valence-corrected chi connectivity index (χ1v) is 5.92. The van der Waals surface area contributed by atoms with Gasteiger partial charge in [-0.3, -0.25) is 0 Å². The van der Waals surface area contributed by atoms with Gasteiger partial charge in [-0.05, 0) is 35.5 Å². The Morgan fingerprint density at radius 2 is 1.64 bits per heavy atom. The Bertz CT molecular complexity index is 280. The van der Waals surface area contributed by atoms with E-state index in [1.165, 1.54) is 12.8 Å². The highest BCUT2D eigenvalue weighted by Gasteiger charge is 2.57. The number of fused-ring (bicyclic) bond motifs is 1. The van der Waals surface area contributed by atoms with E-state index in [4.69, 9.17) is 0 Å². The van der Waals surface area contributed by atoms with Crippen molar-refractivity contribution in [2.45, 2.75) is 54.4 Å². The van der Waals surface area contributed by atoms with E-state index in [1.54, 1.807) is 5.57 Å². The third-order valence-corrected chi connectivity index (χ3v) is 3.58. The summed E-state index contributed by atoms with van der Waals surface area (Å²) in [4.78, 5) is 0. The van der Waals surface area contributed by atoms with Gasteiger partial charge in [0.15, 0.2) is 0 Å². The van der Waals surface area contributed by atoms with Crippen LogP contribution in [0.2, 0.25) is 0 Å². The van der Waals surface area contributed by atoms with E-state index in [1.807, 2.05) is 5.57 Å². The largest absolute Gasteiger partial charge is 0.0692 e. The van der Waals surface area contributed by atoms with Crippen molar-refractivity contribution >= 4 is 0 Å². The lowest BCUT2D eigenvalue weighted by Gasteiger charge is -2.23. The molecule has 0 spiro atoms. The van der Waals surface area contributed by atoms with Crippen LogP contribution in [-0.2, 0) is 0 Å². The summed E-state index contributed by atoms with van der Waals surface area (Å²) >= 11 is 0. The van der Waals surface area contributed by atoms with Crippen molar-refractivity contribution in [3.8, 4) is 0 Å². The number of hydrogen-bond donors (Lipinski definition) is 0. The van der Waals surface area contributed by atoms with Crippen LogP contribution in [0.25, 0.3) is 0 Å². The Hall–Kier alpha value is -0.260. The maximum Gasteiger partial charge on any atom is -0.00798 e. The zero-order valence-corrected chi connectivity index (χ0v) is 10.6. The molecule has 0 bridgehead atoms. The van der Waals surface area contributed by atoms with E-state index in [0.717, 1.165) is 11.8 Å². The van der Waals surface area contributed by atoms with Crippen molar-refractivity contribution in [3.05, 3.63) is 11.1 Å². The van der Waals surface area contributed by atoms with Gasteiger partial charge in [0.05, 0.1) is 0 Å². The van der Waals surface area contributed by atoms with Gasteiger partial charge in [0.2, 0.25) is 0 Å². The topological polar surface area (TPSA) is 0 Å². The Kier molecular flexibility index (Phi) is 1.94. The molecule has 14 heavy (non-hydrogen) atoms. The van der Waals surface area contributed by atoms with E-state index in [-0.39, 0.29) is 0 Å². The van der Waals surface area contributed by atoms with Crippen molar-refractivity contribution in [2.75, 3.05) is 0 Å². The molecular weight excluding hydrogens is 168 g/mol. The van der Waals surface area contributed by atoms with Gasteiger partial charge in [-0.25, -0.2) is 0 Å². The van der Waals surface area contributed by atoms with Crippen LogP contribution in [-0.4, -0.2) is 0 Å². The lowest BCUT2D eigenvalue weighted by molar-refractivity contribution is 0.338. The van der Waals surface area contributed by atoms with Crippen LogP contribution in [0.5, 0.6) is 0 Å². The molecular formula is C14H24. The first kappa shape index (κ1) is 10.3. The average Bonchev–Trinajstić information content (AvgIpc) is 2.48. The smallest absolute Gasteiger partial charge is 0.00798 e. The van der Waals surface area contributed by atoms with Gasteiger partial charge in [0.25, 0.3) is 0 Å². The minimum absolute atomic E-state index is 0.484. The molecule has 0 aromatic carbocycles. The third kappa shape index (κ3) is 1.64. The minimum atomic E-state index is 0.484. The van der Waals surface area contributed by atoms with Crippen LogP contribution in [0, 0.1) is 22.7 Å². The zero-order chi connectivity index (χ0) is 10.7. The molecule has 0 radical (unpaired) electrons. The molecule has 0 N–H and O–H groups in total. The van der Waals surface area contributed by atoms with E-state index in [0.29, 0.717) is 10.8 Å². The number of allylic oxidation sites excluding steroid dienone is 2. The fraction of sp³-hybridized carbons (Fsp3) is 0.857. The quantitative estimate of drug-likeness (QED) is 0.540. The molecule has 1 saturated carbocycles. The fourth-order valence-electron chi connectivity index (χ4n) is 3.16. The van der Waals surface area contributed by atoms with Crippen molar-refractivity contribution in [3.63, 3.8) is 0 Å². The number of hydrogen-bond acceptors (Lipinski definition) is 0. The Balaban J connectivity index is 2.04. The third-order valence-electron chi connectivity index (χ3n) is 3.58. The second-order valence-corrected chi connectivity index (χ2v) is 7.45. The van der Waals surface area contributed by atoms with Crippen LogP contribution in [0.1, 0.15) is 54.4 Å². The molecule has 2 atom stereocenters. The molecule has 2 aliphatic rings. The molecule has 0 heteroatoms. The maximum atomic E-state index is 2.39. The van der Waals surface area contributed by atoms with E-state index < -0.39 is 0 Å². The number of rotatable bonds is 1. The van der Waals surface area contributed by atoms with Gasteiger partial charge in [-0.15, -0.1) is 0 Å². The summed E-state index contributed by atoms with van der Waals surface area (Å²) < 4.78 is 0. The molecule has 1 fully saturated rings. The molecule has 0 amide bonds. The highest BCUT2D eigenvalue weighted by Crippen LogP contribution is 2.67. The van der Waals surface area contributed by atoms with Crippen LogP contribution in [0.15, 0.2) is 11.1 Å². The second kappa shape index (κ2) is 2.65. The van der Waals surface area contributed by atoms with Crippen LogP contribution >= 0.6 is 0 Å². The van der Waals surface area contributed by atoms with Crippen LogP contribution in [0.4, 0.5) is 0 Å². The fourth-order valence-corrected chi connectivity index (χ4v) is 3.16. The molecule has 0 aromatic rings.